The predicted molar refractivity (Wildman–Crippen MR) is 101 cm³/mol. The van der Waals surface area contributed by atoms with E-state index in [4.69, 9.17) is 27.6 Å². The summed E-state index contributed by atoms with van der Waals surface area (Å²) in [5.41, 5.74) is 0.724. The minimum absolute atomic E-state index is 0.0923. The summed E-state index contributed by atoms with van der Waals surface area (Å²) in [6, 6.07) is 10.4. The van der Waals surface area contributed by atoms with Crippen LogP contribution in [-0.4, -0.2) is 11.8 Å². The summed E-state index contributed by atoms with van der Waals surface area (Å²) in [6.07, 6.45) is 0. The molecular weight excluding hydrogens is 379 g/mol. The molecular formula is C18H12Cl2N2O4. The molecule has 26 heavy (non-hydrogen) atoms. The van der Waals surface area contributed by atoms with E-state index in [1.807, 2.05) is 0 Å². The Morgan fingerprint density at radius 2 is 1.58 bits per heavy atom. The second kappa shape index (κ2) is 7.19. The van der Waals surface area contributed by atoms with Gasteiger partial charge in [-0.1, -0.05) is 23.2 Å². The first kappa shape index (κ1) is 18.0. The summed E-state index contributed by atoms with van der Waals surface area (Å²) in [5, 5.41) is 5.86. The molecule has 0 aliphatic rings. The fourth-order valence-corrected chi connectivity index (χ4v) is 2.86. The van der Waals surface area contributed by atoms with E-state index in [1.54, 1.807) is 24.3 Å². The lowest BCUT2D eigenvalue weighted by Gasteiger charge is -2.08. The Bertz CT molecular complexity index is 1070. The van der Waals surface area contributed by atoms with E-state index in [9.17, 15) is 14.4 Å². The van der Waals surface area contributed by atoms with E-state index >= 15 is 0 Å². The first-order valence-electron chi connectivity index (χ1n) is 7.45. The van der Waals surface area contributed by atoms with E-state index in [0.717, 1.165) is 6.07 Å². The van der Waals surface area contributed by atoms with Crippen molar-refractivity contribution in [2.45, 2.75) is 6.92 Å². The molecule has 132 valence electrons. The smallest absolute Gasteiger partial charge is 0.291 e. The first-order chi connectivity index (χ1) is 12.3. The third-order valence-electron chi connectivity index (χ3n) is 3.43. The van der Waals surface area contributed by atoms with Crippen molar-refractivity contribution >= 4 is 57.4 Å². The molecule has 3 aromatic rings. The highest BCUT2D eigenvalue weighted by Gasteiger charge is 2.15. The maximum Gasteiger partial charge on any atom is 0.291 e. The molecule has 0 atom stereocenters. The summed E-state index contributed by atoms with van der Waals surface area (Å²) in [4.78, 5) is 35.6. The van der Waals surface area contributed by atoms with E-state index in [0.29, 0.717) is 16.4 Å². The monoisotopic (exact) mass is 390 g/mol. The number of carbonyl (C=O) groups excluding carboxylic acids is 2. The third-order valence-corrected chi connectivity index (χ3v) is 3.93. The molecule has 2 aromatic carbocycles. The van der Waals surface area contributed by atoms with Crippen LogP contribution >= 0.6 is 23.2 Å². The fourth-order valence-electron chi connectivity index (χ4n) is 2.33. The number of rotatable bonds is 3. The van der Waals surface area contributed by atoms with Crippen LogP contribution in [0, 0.1) is 0 Å². The van der Waals surface area contributed by atoms with Crippen molar-refractivity contribution in [1.29, 1.82) is 0 Å². The van der Waals surface area contributed by atoms with E-state index in [1.165, 1.54) is 19.1 Å². The van der Waals surface area contributed by atoms with Crippen LogP contribution in [0.15, 0.2) is 51.7 Å². The average Bonchev–Trinajstić information content (AvgIpc) is 2.57. The highest BCUT2D eigenvalue weighted by atomic mass is 35.5. The summed E-state index contributed by atoms with van der Waals surface area (Å²) >= 11 is 11.9. The van der Waals surface area contributed by atoms with Gasteiger partial charge >= 0.3 is 0 Å². The van der Waals surface area contributed by atoms with Crippen LogP contribution in [0.2, 0.25) is 10.0 Å². The van der Waals surface area contributed by atoms with Crippen molar-refractivity contribution in [3.8, 4) is 0 Å². The van der Waals surface area contributed by atoms with Crippen molar-refractivity contribution in [3.05, 3.63) is 68.5 Å². The first-order valence-corrected chi connectivity index (χ1v) is 8.21. The number of anilines is 2. The second-order valence-corrected chi connectivity index (χ2v) is 6.30. The zero-order chi connectivity index (χ0) is 18.8. The number of carbonyl (C=O) groups is 2. The molecule has 1 aromatic heterocycles. The average molecular weight is 391 g/mol. The van der Waals surface area contributed by atoms with Crippen molar-refractivity contribution in [1.82, 2.24) is 0 Å². The highest BCUT2D eigenvalue weighted by Crippen LogP contribution is 2.27. The standard InChI is InChI=1S/C18H12Cl2N2O4/c1-9(23)21-11-2-4-12(5-3-11)22-18(25)16-8-15(24)13-6-10(19)7-14(20)17(13)26-16/h2-8H,1H3,(H,21,23)(H,22,25). The van der Waals surface area contributed by atoms with Gasteiger partial charge in [0.15, 0.2) is 16.8 Å². The maximum atomic E-state index is 12.4. The lowest BCUT2D eigenvalue weighted by molar-refractivity contribution is -0.114. The minimum atomic E-state index is -0.609. The molecule has 0 saturated carbocycles. The SMILES string of the molecule is CC(=O)Nc1ccc(NC(=O)c2cc(=O)c3cc(Cl)cc(Cl)c3o2)cc1. The van der Waals surface area contributed by atoms with E-state index < -0.39 is 11.3 Å². The Kier molecular flexibility index (Phi) is 4.97. The molecule has 0 aliphatic carbocycles. The molecule has 1 heterocycles. The van der Waals surface area contributed by atoms with Gasteiger partial charge < -0.3 is 15.1 Å². The van der Waals surface area contributed by atoms with E-state index in [2.05, 4.69) is 10.6 Å². The number of nitrogens with one attached hydrogen (secondary N) is 2. The van der Waals surface area contributed by atoms with Crippen LogP contribution in [0.5, 0.6) is 0 Å². The van der Waals surface area contributed by atoms with Gasteiger partial charge in [0.2, 0.25) is 5.91 Å². The summed E-state index contributed by atoms with van der Waals surface area (Å²) in [5.74, 6) is -0.989. The van der Waals surface area contributed by atoms with Gasteiger partial charge in [-0.15, -0.1) is 0 Å². The van der Waals surface area contributed by atoms with E-state index in [-0.39, 0.29) is 27.7 Å². The predicted octanol–water partition coefficient (Wildman–Crippen LogP) is 4.31. The number of halogens is 2. The largest absolute Gasteiger partial charge is 0.449 e. The van der Waals surface area contributed by atoms with Gasteiger partial charge in [-0.3, -0.25) is 14.4 Å². The van der Waals surface area contributed by atoms with Crippen molar-refractivity contribution in [3.63, 3.8) is 0 Å². The van der Waals surface area contributed by atoms with Crippen LogP contribution in [0.25, 0.3) is 11.0 Å². The van der Waals surface area contributed by atoms with Crippen LogP contribution < -0.4 is 16.1 Å². The molecule has 3 rings (SSSR count). The van der Waals surface area contributed by atoms with Crippen LogP contribution in [0.4, 0.5) is 11.4 Å². The Labute approximate surface area is 157 Å². The highest BCUT2D eigenvalue weighted by molar-refractivity contribution is 6.38. The fraction of sp³-hybridized carbons (Fsp3) is 0.0556. The van der Waals surface area contributed by atoms with Crippen molar-refractivity contribution in [2.24, 2.45) is 0 Å². The van der Waals surface area contributed by atoms with Gasteiger partial charge in [0.25, 0.3) is 5.91 Å². The van der Waals surface area contributed by atoms with Gasteiger partial charge in [0, 0.05) is 29.4 Å². The van der Waals surface area contributed by atoms with Crippen molar-refractivity contribution in [2.75, 3.05) is 10.6 Å². The molecule has 8 heteroatoms. The van der Waals surface area contributed by atoms with Gasteiger partial charge in [0.05, 0.1) is 10.4 Å². The lowest BCUT2D eigenvalue weighted by atomic mass is 10.2. The molecule has 2 amide bonds. The number of amides is 2. The number of hydrogen-bond donors (Lipinski definition) is 2. The number of fused-ring (bicyclic) bond motifs is 1. The summed E-state index contributed by atoms with van der Waals surface area (Å²) < 4.78 is 5.48. The van der Waals surface area contributed by atoms with Crippen molar-refractivity contribution < 1.29 is 14.0 Å². The molecule has 0 fully saturated rings. The minimum Gasteiger partial charge on any atom is -0.449 e. The molecule has 0 radical (unpaired) electrons. The Hall–Kier alpha value is -2.83. The molecule has 0 saturated heterocycles. The molecule has 0 spiro atoms. The van der Waals surface area contributed by atoms with Gasteiger partial charge in [0.1, 0.15) is 0 Å². The van der Waals surface area contributed by atoms with Crippen LogP contribution in [-0.2, 0) is 4.79 Å². The lowest BCUT2D eigenvalue weighted by Crippen LogP contribution is -2.15. The number of hydrogen-bond acceptors (Lipinski definition) is 4. The molecule has 0 aliphatic heterocycles. The van der Waals surface area contributed by atoms with Gasteiger partial charge in [-0.25, -0.2) is 0 Å². The second-order valence-electron chi connectivity index (χ2n) is 5.45. The van der Waals surface area contributed by atoms with Crippen LogP contribution in [0.3, 0.4) is 0 Å². The quantitative estimate of drug-likeness (QED) is 0.697. The molecule has 0 bridgehead atoms. The van der Waals surface area contributed by atoms with Crippen LogP contribution in [0.1, 0.15) is 17.5 Å². The maximum absolute atomic E-state index is 12.4. The Balaban J connectivity index is 1.88. The van der Waals surface area contributed by atoms with Gasteiger partial charge in [-0.2, -0.15) is 0 Å². The van der Waals surface area contributed by atoms with Gasteiger partial charge in [-0.05, 0) is 36.4 Å². The number of benzene rings is 2. The molecule has 2 N–H and O–H groups in total. The zero-order valence-corrected chi connectivity index (χ0v) is 14.9. The normalized spacial score (nSPS) is 10.6. The summed E-state index contributed by atoms with van der Waals surface area (Å²) in [7, 11) is 0. The third kappa shape index (κ3) is 3.87. The topological polar surface area (TPSA) is 88.4 Å². The molecule has 6 nitrogen and oxygen atoms in total. The summed E-state index contributed by atoms with van der Waals surface area (Å²) in [6.45, 7) is 1.40. The Morgan fingerprint density at radius 1 is 0.962 bits per heavy atom. The molecule has 0 unspecified atom stereocenters. The Morgan fingerprint density at radius 3 is 2.19 bits per heavy atom. The zero-order valence-electron chi connectivity index (χ0n) is 13.4.